The maximum atomic E-state index is 13.2. The number of H-pyrrole nitrogens is 2. The fraction of sp³-hybridized carbons (Fsp3) is 0.263. The minimum absolute atomic E-state index is 0.0206. The number of carbonyl (C=O) groups excluding carboxylic acids is 2. The van der Waals surface area contributed by atoms with E-state index in [4.69, 9.17) is 9.97 Å². The summed E-state index contributed by atoms with van der Waals surface area (Å²) in [5.74, 6) is 1.73. The van der Waals surface area contributed by atoms with Crippen molar-refractivity contribution in [1.29, 1.82) is 0 Å². The molecule has 2 atom stereocenters. The fourth-order valence-corrected chi connectivity index (χ4v) is 7.07. The lowest BCUT2D eigenvalue weighted by Crippen LogP contribution is -2.31. The molecule has 2 aliphatic heterocycles. The van der Waals surface area contributed by atoms with E-state index in [0.717, 1.165) is 85.3 Å². The maximum absolute atomic E-state index is 13.2. The first-order chi connectivity index (χ1) is 23.6. The second-order valence-corrected chi connectivity index (χ2v) is 12.6. The molecule has 6 aromatic rings. The molecule has 6 heterocycles. The zero-order valence-corrected chi connectivity index (χ0v) is 26.5. The van der Waals surface area contributed by atoms with Gasteiger partial charge in [-0.1, -0.05) is 24.3 Å². The summed E-state index contributed by atoms with van der Waals surface area (Å²) in [6.07, 6.45) is 16.3. The molecule has 0 unspecified atom stereocenters. The Bertz CT molecular complexity index is 1970. The number of nitrogens with zero attached hydrogens (tertiary/aromatic N) is 6. The van der Waals surface area contributed by atoms with Crippen molar-refractivity contribution in [1.82, 2.24) is 39.7 Å². The van der Waals surface area contributed by atoms with E-state index < -0.39 is 0 Å². The Balaban J connectivity index is 0.911. The van der Waals surface area contributed by atoms with Gasteiger partial charge in [0.05, 0.1) is 34.2 Å². The summed E-state index contributed by atoms with van der Waals surface area (Å²) in [5.41, 5.74) is 7.50. The van der Waals surface area contributed by atoms with E-state index in [0.29, 0.717) is 11.1 Å². The van der Waals surface area contributed by atoms with Gasteiger partial charge in [-0.2, -0.15) is 0 Å². The molecule has 2 aromatic carbocycles. The lowest BCUT2D eigenvalue weighted by atomic mass is 10.1. The van der Waals surface area contributed by atoms with Crippen molar-refractivity contribution in [2.75, 3.05) is 13.1 Å². The van der Waals surface area contributed by atoms with Crippen molar-refractivity contribution in [3.05, 3.63) is 132 Å². The summed E-state index contributed by atoms with van der Waals surface area (Å²) >= 11 is 0. The number of rotatable bonds is 8. The van der Waals surface area contributed by atoms with Crippen molar-refractivity contribution in [2.45, 2.75) is 50.6 Å². The Kier molecular flexibility index (Phi) is 7.97. The van der Waals surface area contributed by atoms with Crippen molar-refractivity contribution in [2.24, 2.45) is 0 Å². The third-order valence-corrected chi connectivity index (χ3v) is 9.52. The number of nitrogens with one attached hydrogen (secondary N) is 2. The number of aromatic amines is 2. The molecule has 2 amide bonds. The van der Waals surface area contributed by atoms with Gasteiger partial charge in [0.15, 0.2) is 0 Å². The Morgan fingerprint density at radius 3 is 1.52 bits per heavy atom. The lowest BCUT2D eigenvalue weighted by Gasteiger charge is -2.23. The first-order valence-corrected chi connectivity index (χ1v) is 16.6. The number of fused-ring (bicyclic) bond motifs is 2. The molecule has 2 aliphatic rings. The Morgan fingerprint density at radius 2 is 1.08 bits per heavy atom. The number of imidazole rings is 2. The largest absolute Gasteiger partial charge is 0.340 e. The average molecular weight is 637 g/mol. The van der Waals surface area contributed by atoms with Crippen LogP contribution in [0.1, 0.15) is 81.3 Å². The summed E-state index contributed by atoms with van der Waals surface area (Å²) in [7, 11) is 0. The van der Waals surface area contributed by atoms with Gasteiger partial charge in [0.1, 0.15) is 11.6 Å². The van der Waals surface area contributed by atoms with Gasteiger partial charge in [-0.05, 0) is 98.2 Å². The third kappa shape index (κ3) is 5.85. The van der Waals surface area contributed by atoms with Crippen LogP contribution < -0.4 is 0 Å². The predicted octanol–water partition coefficient (Wildman–Crippen LogP) is 6.53. The lowest BCUT2D eigenvalue weighted by molar-refractivity contribution is 0.0723. The topological polar surface area (TPSA) is 124 Å². The summed E-state index contributed by atoms with van der Waals surface area (Å²) in [6, 6.07) is 19.6. The second-order valence-electron chi connectivity index (χ2n) is 12.6. The highest BCUT2D eigenvalue weighted by Crippen LogP contribution is 2.34. The smallest absolute Gasteiger partial charge is 0.254 e. The van der Waals surface area contributed by atoms with E-state index in [1.807, 2.05) is 9.80 Å². The van der Waals surface area contributed by atoms with Crippen LogP contribution in [0, 0.1) is 0 Å². The minimum atomic E-state index is -0.0589. The standard InChI is InChI=1S/C38H36N8O2/c47-37(27-13-17-39-18-14-27)45-21-3-7-33(45)35-41-29-11-9-25(23-31(29)43-35)5-1-2-6-26-10-12-30-32(24-26)44-36(42-30)34-8-4-22-46(34)38(48)28-15-19-40-20-16-28/h1-2,9-20,23-24,33-34H,3-8,21-22H2,(H,41,43)(H,42,44)/b2-1+/t33-,34-/m1/s1. The Hall–Kier alpha value is -5.64. The van der Waals surface area contributed by atoms with Crippen LogP contribution in [0.3, 0.4) is 0 Å². The van der Waals surface area contributed by atoms with Crippen LogP contribution >= 0.6 is 0 Å². The van der Waals surface area contributed by atoms with Gasteiger partial charge < -0.3 is 19.8 Å². The van der Waals surface area contributed by atoms with Gasteiger partial charge >= 0.3 is 0 Å². The van der Waals surface area contributed by atoms with Crippen LogP contribution in [0.5, 0.6) is 0 Å². The molecule has 0 radical (unpaired) electrons. The molecule has 2 N–H and O–H groups in total. The molecular weight excluding hydrogens is 600 g/mol. The van der Waals surface area contributed by atoms with Crippen LogP contribution in [0.15, 0.2) is 97.6 Å². The van der Waals surface area contributed by atoms with E-state index in [2.05, 4.69) is 68.5 Å². The van der Waals surface area contributed by atoms with Crippen molar-refractivity contribution in [3.8, 4) is 0 Å². The molecule has 0 bridgehead atoms. The molecule has 48 heavy (non-hydrogen) atoms. The molecule has 10 nitrogen and oxygen atoms in total. The number of hydrogen-bond donors (Lipinski definition) is 2. The van der Waals surface area contributed by atoms with Gasteiger partial charge in [0.2, 0.25) is 0 Å². The van der Waals surface area contributed by atoms with Gasteiger partial charge in [0, 0.05) is 49.0 Å². The van der Waals surface area contributed by atoms with E-state index >= 15 is 0 Å². The molecule has 2 fully saturated rings. The molecule has 0 saturated carbocycles. The molecule has 240 valence electrons. The van der Waals surface area contributed by atoms with E-state index in [1.54, 1.807) is 49.1 Å². The average Bonchev–Trinajstić information content (AvgIpc) is 3.95. The molecule has 2 saturated heterocycles. The number of allylic oxidation sites excluding steroid dienone is 2. The van der Waals surface area contributed by atoms with Gasteiger partial charge in [-0.15, -0.1) is 0 Å². The molecule has 8 rings (SSSR count). The van der Waals surface area contributed by atoms with E-state index in [-0.39, 0.29) is 23.9 Å². The highest BCUT2D eigenvalue weighted by molar-refractivity contribution is 5.95. The normalized spacial score (nSPS) is 18.1. The summed E-state index contributed by atoms with van der Waals surface area (Å²) in [4.78, 5) is 55.0. The number of pyridine rings is 2. The number of amides is 2. The third-order valence-electron chi connectivity index (χ3n) is 9.52. The van der Waals surface area contributed by atoms with Gasteiger partial charge in [-0.25, -0.2) is 9.97 Å². The number of benzene rings is 2. The van der Waals surface area contributed by atoms with Crippen LogP contribution in [-0.4, -0.2) is 64.6 Å². The highest BCUT2D eigenvalue weighted by Gasteiger charge is 2.34. The summed E-state index contributed by atoms with van der Waals surface area (Å²) < 4.78 is 0. The first kappa shape index (κ1) is 29.7. The summed E-state index contributed by atoms with van der Waals surface area (Å²) in [5, 5.41) is 0. The molecule has 0 spiro atoms. The Labute approximate surface area is 278 Å². The number of hydrogen-bond acceptors (Lipinski definition) is 6. The predicted molar refractivity (Wildman–Crippen MR) is 183 cm³/mol. The van der Waals surface area contributed by atoms with Crippen LogP contribution in [-0.2, 0) is 12.8 Å². The van der Waals surface area contributed by atoms with Crippen LogP contribution in [0.4, 0.5) is 0 Å². The molecule has 4 aromatic heterocycles. The maximum Gasteiger partial charge on any atom is 0.254 e. The summed E-state index contributed by atoms with van der Waals surface area (Å²) in [6.45, 7) is 1.45. The van der Waals surface area contributed by atoms with Gasteiger partial charge in [-0.3, -0.25) is 19.6 Å². The first-order valence-electron chi connectivity index (χ1n) is 16.6. The SMILES string of the molecule is O=C(c1ccncc1)N1CCC[C@@H]1c1nc2ccc(C/C=C/Cc3ccc4nc([C@H]5CCCN5C(=O)c5ccncc5)[nH]c4c3)cc2[nH]1. The van der Waals surface area contributed by atoms with Crippen molar-refractivity contribution >= 4 is 33.9 Å². The second kappa shape index (κ2) is 12.9. The van der Waals surface area contributed by atoms with Crippen LogP contribution in [0.25, 0.3) is 22.1 Å². The number of aromatic nitrogens is 6. The zero-order valence-electron chi connectivity index (χ0n) is 26.5. The Morgan fingerprint density at radius 1 is 0.646 bits per heavy atom. The molecule has 10 heteroatoms. The quantitative estimate of drug-likeness (QED) is 0.183. The van der Waals surface area contributed by atoms with Crippen molar-refractivity contribution < 1.29 is 9.59 Å². The molecule has 0 aliphatic carbocycles. The van der Waals surface area contributed by atoms with E-state index in [9.17, 15) is 9.59 Å². The van der Waals surface area contributed by atoms with E-state index in [1.165, 1.54) is 11.1 Å². The fourth-order valence-electron chi connectivity index (χ4n) is 7.07. The molecular formula is C38H36N8O2. The number of likely N-dealkylation sites (tertiary alicyclic amines) is 2. The number of carbonyl (C=O) groups is 2. The van der Waals surface area contributed by atoms with Crippen molar-refractivity contribution in [3.63, 3.8) is 0 Å². The zero-order chi connectivity index (χ0) is 32.5. The van der Waals surface area contributed by atoms with Crippen LogP contribution in [0.2, 0.25) is 0 Å². The minimum Gasteiger partial charge on any atom is -0.340 e. The monoisotopic (exact) mass is 636 g/mol. The highest BCUT2D eigenvalue weighted by atomic mass is 16.2. The van der Waals surface area contributed by atoms with Gasteiger partial charge in [0.25, 0.3) is 11.8 Å².